The average Bonchev–Trinajstić information content (AvgIpc) is 2.49. The van der Waals surface area contributed by atoms with Crippen molar-refractivity contribution >= 4 is 26.4 Å². The molecule has 25 heavy (non-hydrogen) atoms. The van der Waals surface area contributed by atoms with Crippen LogP contribution in [0.25, 0.3) is 0 Å². The molecule has 0 spiro atoms. The van der Waals surface area contributed by atoms with Crippen LogP contribution in [0.4, 0.5) is 0 Å². The van der Waals surface area contributed by atoms with Gasteiger partial charge in [-0.25, -0.2) is 0 Å². The zero-order valence-corrected chi connectivity index (χ0v) is 17.6. The summed E-state index contributed by atoms with van der Waals surface area (Å²) in [7, 11) is 1.21. The molecule has 0 saturated heterocycles. The molecule has 2 nitrogen and oxygen atoms in total. The summed E-state index contributed by atoms with van der Waals surface area (Å²) < 4.78 is 0. The molecule has 0 bridgehead atoms. The van der Waals surface area contributed by atoms with Crippen molar-refractivity contribution in [3.05, 3.63) is 35.4 Å². The van der Waals surface area contributed by atoms with Gasteiger partial charge in [-0.3, -0.25) is 9.98 Å². The quantitative estimate of drug-likeness (QED) is 0.418. The van der Waals surface area contributed by atoms with Gasteiger partial charge in [-0.1, -0.05) is 63.9 Å². The van der Waals surface area contributed by atoms with Crippen LogP contribution in [0.3, 0.4) is 0 Å². The van der Waals surface area contributed by atoms with Crippen molar-refractivity contribution in [1.82, 2.24) is 0 Å². The maximum Gasteiger partial charge on any atom is 0.136 e. The molecular weight excluding hydrogens is 302 g/mol. The van der Waals surface area contributed by atoms with Crippen LogP contribution in [-0.2, 0) is 0 Å². The summed E-state index contributed by atoms with van der Waals surface area (Å²) in [4.78, 5) is 9.55. The standard InChI is InChI=1S/C21H36B2N2/c1-17(2)22-15-20(3,4)24-13-18-9-11-19(12-10-18)14-25-21(5,6)16-23(7)8/h9-14,17,22H,15-16H2,1-8H3/b24-13+,25-14+. The number of rotatable bonds is 9. The van der Waals surface area contributed by atoms with Crippen LogP contribution in [0.5, 0.6) is 0 Å². The van der Waals surface area contributed by atoms with E-state index in [0.29, 0.717) is 6.71 Å². The number of hydrogen-bond donors (Lipinski definition) is 0. The van der Waals surface area contributed by atoms with E-state index in [1.54, 1.807) is 0 Å². The third-order valence-electron chi connectivity index (χ3n) is 4.30. The molecule has 136 valence electrons. The Morgan fingerprint density at radius 2 is 1.36 bits per heavy atom. The van der Waals surface area contributed by atoms with Crippen LogP contribution in [-0.4, -0.2) is 37.5 Å². The average molecular weight is 338 g/mol. The number of nitrogens with zero attached hydrogens (tertiary/aromatic N) is 2. The van der Waals surface area contributed by atoms with E-state index in [9.17, 15) is 0 Å². The van der Waals surface area contributed by atoms with Gasteiger partial charge < -0.3 is 0 Å². The predicted molar refractivity (Wildman–Crippen MR) is 119 cm³/mol. The molecule has 0 aliphatic rings. The molecular formula is C21H36B2N2. The Morgan fingerprint density at radius 1 is 0.920 bits per heavy atom. The summed E-state index contributed by atoms with van der Waals surface area (Å²) >= 11 is 0. The summed E-state index contributed by atoms with van der Waals surface area (Å²) in [5.74, 6) is 0.730. The fraction of sp³-hybridized carbons (Fsp3) is 0.619. The Hall–Kier alpha value is -1.31. The van der Waals surface area contributed by atoms with Gasteiger partial charge in [0.05, 0.1) is 0 Å². The molecule has 0 N–H and O–H groups in total. The second-order valence-corrected chi connectivity index (χ2v) is 9.34. The van der Waals surface area contributed by atoms with Crippen LogP contribution in [0.2, 0.25) is 32.1 Å². The molecule has 0 aliphatic carbocycles. The van der Waals surface area contributed by atoms with Crippen LogP contribution in [0.15, 0.2) is 34.3 Å². The van der Waals surface area contributed by atoms with E-state index in [-0.39, 0.29) is 11.1 Å². The molecule has 0 amide bonds. The maximum absolute atomic E-state index is 4.79. The van der Waals surface area contributed by atoms with E-state index >= 15 is 0 Å². The summed E-state index contributed by atoms with van der Waals surface area (Å²) in [6, 6.07) is 8.49. The minimum atomic E-state index is -0.00522. The van der Waals surface area contributed by atoms with Crippen LogP contribution in [0, 0.1) is 0 Å². The van der Waals surface area contributed by atoms with E-state index < -0.39 is 0 Å². The molecule has 0 aromatic heterocycles. The van der Waals surface area contributed by atoms with Crippen LogP contribution >= 0.6 is 0 Å². The SMILES string of the molecule is CB(C)CC(C)(C)/N=C/c1ccc(/C=N/C(C)(C)CBC(C)C)cc1. The fourth-order valence-electron chi connectivity index (χ4n) is 2.92. The molecule has 0 heterocycles. The minimum Gasteiger partial charge on any atom is -0.287 e. The van der Waals surface area contributed by atoms with Crippen molar-refractivity contribution in [3.8, 4) is 0 Å². The predicted octanol–water partition coefficient (Wildman–Crippen LogP) is 5.52. The van der Waals surface area contributed by atoms with Gasteiger partial charge in [0.15, 0.2) is 0 Å². The number of hydrogen-bond acceptors (Lipinski definition) is 2. The summed E-state index contributed by atoms with van der Waals surface area (Å²) in [6.07, 6.45) is 6.22. The van der Waals surface area contributed by atoms with Gasteiger partial charge >= 0.3 is 0 Å². The normalized spacial score (nSPS) is 13.2. The highest BCUT2D eigenvalue weighted by Crippen LogP contribution is 2.19. The van der Waals surface area contributed by atoms with E-state index in [1.807, 2.05) is 12.4 Å². The highest BCUT2D eigenvalue weighted by atomic mass is 14.8. The van der Waals surface area contributed by atoms with Gasteiger partial charge in [0.1, 0.15) is 14.0 Å². The molecule has 0 atom stereocenters. The molecule has 0 saturated carbocycles. The smallest absolute Gasteiger partial charge is 0.136 e. The minimum absolute atomic E-state index is 0.00522. The molecule has 0 aliphatic heterocycles. The first-order chi connectivity index (χ1) is 11.5. The maximum atomic E-state index is 4.79. The van der Waals surface area contributed by atoms with E-state index in [1.165, 1.54) is 7.28 Å². The molecule has 4 heteroatoms. The zero-order chi connectivity index (χ0) is 19.1. The Labute approximate surface area is 157 Å². The van der Waals surface area contributed by atoms with Gasteiger partial charge in [-0.2, -0.15) is 0 Å². The molecule has 1 rings (SSSR count). The van der Waals surface area contributed by atoms with Crippen molar-refractivity contribution in [2.45, 2.75) is 84.7 Å². The second kappa shape index (κ2) is 9.40. The van der Waals surface area contributed by atoms with Crippen molar-refractivity contribution in [2.24, 2.45) is 9.98 Å². The summed E-state index contributed by atoms with van der Waals surface area (Å²) in [6.45, 7) is 18.5. The lowest BCUT2D eigenvalue weighted by Gasteiger charge is -2.20. The van der Waals surface area contributed by atoms with Crippen LogP contribution < -0.4 is 0 Å². The molecule has 0 radical (unpaired) electrons. The van der Waals surface area contributed by atoms with Gasteiger partial charge in [0.25, 0.3) is 0 Å². The third-order valence-corrected chi connectivity index (χ3v) is 4.30. The Bertz CT molecular complexity index is 570. The van der Waals surface area contributed by atoms with Gasteiger partial charge in [-0.05, 0) is 45.1 Å². The molecule has 1 aromatic carbocycles. The summed E-state index contributed by atoms with van der Waals surface area (Å²) in [5, 5.41) is 0. The van der Waals surface area contributed by atoms with Gasteiger partial charge in [0, 0.05) is 23.5 Å². The van der Waals surface area contributed by atoms with Gasteiger partial charge in [0.2, 0.25) is 0 Å². The molecule has 1 aromatic rings. The highest BCUT2D eigenvalue weighted by Gasteiger charge is 2.18. The first kappa shape index (κ1) is 21.7. The lowest BCUT2D eigenvalue weighted by atomic mass is 9.48. The van der Waals surface area contributed by atoms with Crippen molar-refractivity contribution in [1.29, 1.82) is 0 Å². The lowest BCUT2D eigenvalue weighted by molar-refractivity contribution is 0.580. The fourth-order valence-corrected chi connectivity index (χ4v) is 2.92. The van der Waals surface area contributed by atoms with E-state index in [2.05, 4.69) is 79.5 Å². The van der Waals surface area contributed by atoms with Crippen molar-refractivity contribution < 1.29 is 0 Å². The molecule has 0 unspecified atom stereocenters. The zero-order valence-electron chi connectivity index (χ0n) is 17.6. The number of benzene rings is 1. The van der Waals surface area contributed by atoms with Crippen molar-refractivity contribution in [3.63, 3.8) is 0 Å². The van der Waals surface area contributed by atoms with E-state index in [0.717, 1.165) is 29.6 Å². The highest BCUT2D eigenvalue weighted by molar-refractivity contribution is 6.56. The Balaban J connectivity index is 2.68. The summed E-state index contributed by atoms with van der Waals surface area (Å²) in [5.41, 5.74) is 2.30. The van der Waals surface area contributed by atoms with Crippen molar-refractivity contribution in [2.75, 3.05) is 0 Å². The largest absolute Gasteiger partial charge is 0.287 e. The lowest BCUT2D eigenvalue weighted by Crippen LogP contribution is -2.22. The monoisotopic (exact) mass is 338 g/mol. The third kappa shape index (κ3) is 9.67. The Kier molecular flexibility index (Phi) is 8.18. The second-order valence-electron chi connectivity index (χ2n) is 9.34. The number of aliphatic imine (C=N–C) groups is 2. The topological polar surface area (TPSA) is 24.7 Å². The Morgan fingerprint density at radius 3 is 1.76 bits per heavy atom. The van der Waals surface area contributed by atoms with Crippen LogP contribution in [0.1, 0.15) is 52.7 Å². The molecule has 0 fully saturated rings. The first-order valence-corrected chi connectivity index (χ1v) is 9.70. The first-order valence-electron chi connectivity index (χ1n) is 9.70. The van der Waals surface area contributed by atoms with Gasteiger partial charge in [-0.15, -0.1) is 0 Å². The van der Waals surface area contributed by atoms with E-state index in [4.69, 9.17) is 9.98 Å².